The molecule has 3 nitrogen and oxygen atoms in total. The smallest absolute Gasteiger partial charge is 0.339 e. The van der Waals surface area contributed by atoms with E-state index in [0.717, 1.165) is 0 Å². The van der Waals surface area contributed by atoms with Gasteiger partial charge in [-0.2, -0.15) is 0 Å². The minimum Gasteiger partial charge on any atom is -0.486 e. The molecule has 0 radical (unpaired) electrons. The van der Waals surface area contributed by atoms with Crippen LogP contribution in [-0.4, -0.2) is 11.1 Å². The van der Waals surface area contributed by atoms with Crippen LogP contribution in [0.5, 0.6) is 5.75 Å². The summed E-state index contributed by atoms with van der Waals surface area (Å²) in [5.74, 6) is -1.16. The van der Waals surface area contributed by atoms with Crippen molar-refractivity contribution in [1.82, 2.24) is 0 Å². The maximum Gasteiger partial charge on any atom is 0.339 e. The average Bonchev–Trinajstić information content (AvgIpc) is 2.41. The van der Waals surface area contributed by atoms with Gasteiger partial charge < -0.3 is 9.84 Å². The minimum atomic E-state index is -1.19. The van der Waals surface area contributed by atoms with E-state index in [4.69, 9.17) is 56.2 Å². The van der Waals surface area contributed by atoms with Crippen LogP contribution in [0.15, 0.2) is 30.3 Å². The highest BCUT2D eigenvalue weighted by Gasteiger charge is 2.17. The van der Waals surface area contributed by atoms with Gasteiger partial charge >= 0.3 is 5.97 Å². The largest absolute Gasteiger partial charge is 0.486 e. The van der Waals surface area contributed by atoms with E-state index in [1.54, 1.807) is 18.2 Å². The van der Waals surface area contributed by atoms with Crippen molar-refractivity contribution in [3.05, 3.63) is 61.5 Å². The number of carbonyl (C=O) groups is 1. The number of hydrogen-bond acceptors (Lipinski definition) is 2. The maximum atomic E-state index is 11.2. The number of ether oxygens (including phenoxy) is 1. The van der Waals surface area contributed by atoms with Crippen LogP contribution in [0.1, 0.15) is 15.9 Å². The molecule has 0 heterocycles. The molecule has 0 spiro atoms. The molecule has 2 rings (SSSR count). The summed E-state index contributed by atoms with van der Waals surface area (Å²) in [5.41, 5.74) is 0.497. The van der Waals surface area contributed by atoms with Crippen molar-refractivity contribution in [2.45, 2.75) is 6.61 Å². The zero-order valence-corrected chi connectivity index (χ0v) is 13.4. The molecule has 2 aromatic rings. The summed E-state index contributed by atoms with van der Waals surface area (Å²) < 4.78 is 5.49. The predicted octanol–water partition coefficient (Wildman–Crippen LogP) is 5.58. The highest BCUT2D eigenvalue weighted by molar-refractivity contribution is 6.42. The van der Waals surface area contributed by atoms with Crippen LogP contribution in [0.3, 0.4) is 0 Å². The van der Waals surface area contributed by atoms with Gasteiger partial charge in [-0.25, -0.2) is 4.79 Å². The SMILES string of the molecule is O=C(O)c1cc(Cl)cc(Cl)c1OCc1cccc(Cl)c1Cl. The third kappa shape index (κ3) is 3.74. The van der Waals surface area contributed by atoms with Crippen molar-refractivity contribution >= 4 is 52.4 Å². The van der Waals surface area contributed by atoms with Crippen molar-refractivity contribution in [1.29, 1.82) is 0 Å². The number of carboxylic acid groups (broad SMARTS) is 1. The molecule has 21 heavy (non-hydrogen) atoms. The first-order valence-electron chi connectivity index (χ1n) is 5.68. The summed E-state index contributed by atoms with van der Waals surface area (Å²) in [6, 6.07) is 7.76. The van der Waals surface area contributed by atoms with E-state index >= 15 is 0 Å². The summed E-state index contributed by atoms with van der Waals surface area (Å²) in [6.07, 6.45) is 0. The van der Waals surface area contributed by atoms with Gasteiger partial charge in [0.05, 0.1) is 15.1 Å². The van der Waals surface area contributed by atoms with E-state index in [0.29, 0.717) is 15.6 Å². The summed E-state index contributed by atoms with van der Waals surface area (Å²) >= 11 is 23.7. The van der Waals surface area contributed by atoms with Gasteiger partial charge in [-0.3, -0.25) is 0 Å². The highest BCUT2D eigenvalue weighted by atomic mass is 35.5. The van der Waals surface area contributed by atoms with E-state index < -0.39 is 5.97 Å². The first-order chi connectivity index (χ1) is 9.90. The second-order valence-electron chi connectivity index (χ2n) is 4.07. The Hall–Kier alpha value is -1.13. The topological polar surface area (TPSA) is 46.5 Å². The van der Waals surface area contributed by atoms with E-state index in [1.807, 2.05) is 0 Å². The Kier molecular flexibility index (Phi) is 5.22. The Morgan fingerprint density at radius 2 is 1.81 bits per heavy atom. The van der Waals surface area contributed by atoms with E-state index in [2.05, 4.69) is 0 Å². The predicted molar refractivity (Wildman–Crippen MR) is 84.2 cm³/mol. The first kappa shape index (κ1) is 16.2. The Morgan fingerprint density at radius 1 is 1.10 bits per heavy atom. The standard InChI is InChI=1S/C14H8Cl4O3/c15-8-4-9(14(19)20)13(11(17)5-8)21-6-7-2-1-3-10(16)12(7)18/h1-5H,6H2,(H,19,20). The summed E-state index contributed by atoms with van der Waals surface area (Å²) in [4.78, 5) is 11.2. The zero-order chi connectivity index (χ0) is 15.6. The Labute approximate surface area is 141 Å². The molecular weight excluding hydrogens is 358 g/mol. The highest BCUT2D eigenvalue weighted by Crippen LogP contribution is 2.34. The lowest BCUT2D eigenvalue weighted by molar-refractivity contribution is 0.0692. The van der Waals surface area contributed by atoms with Gasteiger partial charge in [0.15, 0.2) is 5.75 Å². The monoisotopic (exact) mass is 364 g/mol. The molecular formula is C14H8Cl4O3. The lowest BCUT2D eigenvalue weighted by Crippen LogP contribution is -2.04. The van der Waals surface area contributed by atoms with Crippen LogP contribution in [0.4, 0.5) is 0 Å². The lowest BCUT2D eigenvalue weighted by Gasteiger charge is -2.12. The molecule has 0 unspecified atom stereocenters. The number of carboxylic acids is 1. The quantitative estimate of drug-likeness (QED) is 0.769. The second kappa shape index (κ2) is 6.75. The molecule has 0 bridgehead atoms. The third-order valence-corrected chi connectivity index (χ3v) is 4.00. The van der Waals surface area contributed by atoms with Crippen LogP contribution in [0.2, 0.25) is 20.1 Å². The first-order valence-corrected chi connectivity index (χ1v) is 7.19. The number of aromatic carboxylic acids is 1. The van der Waals surface area contributed by atoms with Crippen molar-refractivity contribution in [2.75, 3.05) is 0 Å². The normalized spacial score (nSPS) is 10.5. The van der Waals surface area contributed by atoms with E-state index in [9.17, 15) is 4.79 Å². The van der Waals surface area contributed by atoms with Crippen molar-refractivity contribution in [3.8, 4) is 5.75 Å². The number of benzene rings is 2. The van der Waals surface area contributed by atoms with Crippen LogP contribution in [-0.2, 0) is 6.61 Å². The molecule has 110 valence electrons. The molecule has 7 heteroatoms. The van der Waals surface area contributed by atoms with Gasteiger partial charge in [-0.1, -0.05) is 58.5 Å². The molecule has 0 amide bonds. The molecule has 0 saturated heterocycles. The number of hydrogen-bond donors (Lipinski definition) is 1. The van der Waals surface area contributed by atoms with Crippen LogP contribution >= 0.6 is 46.4 Å². The molecule has 0 aliphatic heterocycles. The van der Waals surface area contributed by atoms with Gasteiger partial charge in [0, 0.05) is 10.6 Å². The number of halogens is 4. The Morgan fingerprint density at radius 3 is 2.48 bits per heavy atom. The molecule has 1 N–H and O–H groups in total. The minimum absolute atomic E-state index is 0.0288. The Bertz CT molecular complexity index is 701. The number of rotatable bonds is 4. The Balaban J connectivity index is 2.32. The molecule has 0 aliphatic rings. The summed E-state index contributed by atoms with van der Waals surface area (Å²) in [7, 11) is 0. The van der Waals surface area contributed by atoms with Crippen molar-refractivity contribution < 1.29 is 14.6 Å². The van der Waals surface area contributed by atoms with Crippen LogP contribution in [0, 0.1) is 0 Å². The van der Waals surface area contributed by atoms with E-state index in [1.165, 1.54) is 12.1 Å². The fourth-order valence-electron chi connectivity index (χ4n) is 1.68. The molecule has 0 atom stereocenters. The zero-order valence-electron chi connectivity index (χ0n) is 10.4. The van der Waals surface area contributed by atoms with Gasteiger partial charge in [-0.15, -0.1) is 0 Å². The molecule has 0 aromatic heterocycles. The fourth-order valence-corrected chi connectivity index (χ4v) is 2.60. The van der Waals surface area contributed by atoms with Crippen LogP contribution in [0.25, 0.3) is 0 Å². The summed E-state index contributed by atoms with van der Waals surface area (Å²) in [6.45, 7) is 0.0288. The van der Waals surface area contributed by atoms with Gasteiger partial charge in [-0.05, 0) is 18.2 Å². The lowest BCUT2D eigenvalue weighted by atomic mass is 10.2. The van der Waals surface area contributed by atoms with Crippen molar-refractivity contribution in [2.24, 2.45) is 0 Å². The second-order valence-corrected chi connectivity index (χ2v) is 5.70. The molecule has 0 fully saturated rings. The summed E-state index contributed by atoms with van der Waals surface area (Å²) in [5, 5.41) is 10.2. The van der Waals surface area contributed by atoms with Gasteiger partial charge in [0.1, 0.15) is 12.2 Å². The van der Waals surface area contributed by atoms with E-state index in [-0.39, 0.29) is 28.0 Å². The third-order valence-electron chi connectivity index (χ3n) is 2.64. The van der Waals surface area contributed by atoms with Gasteiger partial charge in [0.25, 0.3) is 0 Å². The van der Waals surface area contributed by atoms with Crippen molar-refractivity contribution in [3.63, 3.8) is 0 Å². The maximum absolute atomic E-state index is 11.2. The van der Waals surface area contributed by atoms with Crippen LogP contribution < -0.4 is 4.74 Å². The average molecular weight is 366 g/mol. The molecule has 2 aromatic carbocycles. The van der Waals surface area contributed by atoms with Gasteiger partial charge in [0.2, 0.25) is 0 Å². The molecule has 0 aliphatic carbocycles. The molecule has 0 saturated carbocycles. The fraction of sp³-hybridized carbons (Fsp3) is 0.0714.